The topological polar surface area (TPSA) is 52.6 Å². The zero-order chi connectivity index (χ0) is 13.8. The molecule has 4 heteroatoms. The average Bonchev–Trinajstić information content (AvgIpc) is 2.34. The number of rotatable bonds is 10. The first-order valence-electron chi connectivity index (χ1n) is 7.02. The number of carbonyl (C=O) groups excluding carboxylic acids is 2. The van der Waals surface area contributed by atoms with Crippen LogP contribution in [0.1, 0.15) is 72.1 Å². The lowest BCUT2D eigenvalue weighted by atomic mass is 10.2. The molecule has 0 heterocycles. The van der Waals surface area contributed by atoms with Gasteiger partial charge in [-0.1, -0.05) is 33.6 Å². The van der Waals surface area contributed by atoms with Crippen LogP contribution in [0.3, 0.4) is 0 Å². The molecule has 0 fully saturated rings. The third-order valence-corrected chi connectivity index (χ3v) is 2.52. The van der Waals surface area contributed by atoms with Crippen molar-refractivity contribution in [2.24, 2.45) is 0 Å². The summed E-state index contributed by atoms with van der Waals surface area (Å²) in [5.74, 6) is -0.558. The van der Waals surface area contributed by atoms with Crippen LogP contribution in [-0.2, 0) is 19.1 Å². The van der Waals surface area contributed by atoms with Crippen molar-refractivity contribution in [2.75, 3.05) is 0 Å². The molecule has 0 saturated carbocycles. The molecule has 0 unspecified atom stereocenters. The van der Waals surface area contributed by atoms with E-state index in [2.05, 4.69) is 0 Å². The van der Waals surface area contributed by atoms with E-state index < -0.39 is 6.29 Å². The van der Waals surface area contributed by atoms with Crippen molar-refractivity contribution in [2.45, 2.75) is 78.4 Å². The maximum Gasteiger partial charge on any atom is 0.308 e. The van der Waals surface area contributed by atoms with E-state index in [4.69, 9.17) is 9.47 Å². The Bertz CT molecular complexity index is 216. The predicted molar refractivity (Wildman–Crippen MR) is 69.9 cm³/mol. The molecule has 0 rings (SSSR count). The summed E-state index contributed by atoms with van der Waals surface area (Å²) in [6.45, 7) is 6.00. The summed E-state index contributed by atoms with van der Waals surface area (Å²) >= 11 is 0. The van der Waals surface area contributed by atoms with E-state index in [0.29, 0.717) is 19.3 Å². The number of hydrogen-bond donors (Lipinski definition) is 0. The van der Waals surface area contributed by atoms with Crippen LogP contribution in [0.5, 0.6) is 0 Å². The molecule has 0 bridgehead atoms. The summed E-state index contributed by atoms with van der Waals surface area (Å²) in [6.07, 6.45) is 4.97. The van der Waals surface area contributed by atoms with Gasteiger partial charge in [-0.3, -0.25) is 9.59 Å². The third-order valence-electron chi connectivity index (χ3n) is 2.52. The van der Waals surface area contributed by atoms with E-state index in [1.165, 1.54) is 0 Å². The van der Waals surface area contributed by atoms with Crippen LogP contribution in [0.15, 0.2) is 0 Å². The third kappa shape index (κ3) is 9.02. The number of carbonyl (C=O) groups is 2. The molecule has 4 nitrogen and oxygen atoms in total. The van der Waals surface area contributed by atoms with Crippen molar-refractivity contribution < 1.29 is 19.1 Å². The first kappa shape index (κ1) is 16.9. The van der Waals surface area contributed by atoms with Crippen LogP contribution in [0.4, 0.5) is 0 Å². The zero-order valence-electron chi connectivity index (χ0n) is 11.9. The fourth-order valence-electron chi connectivity index (χ4n) is 1.43. The van der Waals surface area contributed by atoms with Gasteiger partial charge in [-0.15, -0.1) is 0 Å². The largest absolute Gasteiger partial charge is 0.425 e. The highest BCUT2D eigenvalue weighted by molar-refractivity contribution is 5.71. The van der Waals surface area contributed by atoms with Crippen LogP contribution < -0.4 is 0 Å². The van der Waals surface area contributed by atoms with Gasteiger partial charge in [0.2, 0.25) is 6.29 Å². The Morgan fingerprint density at radius 2 is 1.28 bits per heavy atom. The first-order valence-corrected chi connectivity index (χ1v) is 7.02. The Morgan fingerprint density at radius 1 is 0.833 bits per heavy atom. The summed E-state index contributed by atoms with van der Waals surface area (Å²) in [5, 5.41) is 0. The smallest absolute Gasteiger partial charge is 0.308 e. The van der Waals surface area contributed by atoms with Gasteiger partial charge in [0.25, 0.3) is 0 Å². The Kier molecular flexibility index (Phi) is 10.4. The molecule has 0 aliphatic heterocycles. The highest BCUT2D eigenvalue weighted by Crippen LogP contribution is 2.09. The van der Waals surface area contributed by atoms with Crippen LogP contribution >= 0.6 is 0 Å². The molecule has 0 radical (unpaired) electrons. The maximum absolute atomic E-state index is 11.5. The monoisotopic (exact) mass is 258 g/mol. The van der Waals surface area contributed by atoms with E-state index >= 15 is 0 Å². The van der Waals surface area contributed by atoms with E-state index in [9.17, 15) is 9.59 Å². The highest BCUT2D eigenvalue weighted by Gasteiger charge is 2.17. The van der Waals surface area contributed by atoms with Crippen LogP contribution in [0, 0.1) is 0 Å². The van der Waals surface area contributed by atoms with Gasteiger partial charge in [-0.25, -0.2) is 0 Å². The molecule has 18 heavy (non-hydrogen) atoms. The van der Waals surface area contributed by atoms with Gasteiger partial charge in [0, 0.05) is 19.3 Å². The van der Waals surface area contributed by atoms with Crippen LogP contribution in [-0.4, -0.2) is 18.2 Å². The molecule has 0 N–H and O–H groups in total. The first-order chi connectivity index (χ1) is 8.63. The van der Waals surface area contributed by atoms with E-state index in [1.807, 2.05) is 20.8 Å². The zero-order valence-corrected chi connectivity index (χ0v) is 11.9. The average molecular weight is 258 g/mol. The number of ether oxygens (including phenoxy) is 2. The normalized spacial score (nSPS) is 10.4. The maximum atomic E-state index is 11.5. The minimum Gasteiger partial charge on any atom is -0.425 e. The van der Waals surface area contributed by atoms with Crippen molar-refractivity contribution >= 4 is 11.9 Å². The molecule has 0 atom stereocenters. The fraction of sp³-hybridized carbons (Fsp3) is 0.857. The summed E-state index contributed by atoms with van der Waals surface area (Å²) in [6, 6.07) is 0. The van der Waals surface area contributed by atoms with Gasteiger partial charge in [0.15, 0.2) is 0 Å². The van der Waals surface area contributed by atoms with Crippen molar-refractivity contribution in [3.05, 3.63) is 0 Å². The molecule has 0 aliphatic rings. The molecule has 0 aliphatic carbocycles. The van der Waals surface area contributed by atoms with E-state index in [-0.39, 0.29) is 11.9 Å². The van der Waals surface area contributed by atoms with Crippen LogP contribution in [0.25, 0.3) is 0 Å². The second kappa shape index (κ2) is 11.1. The number of unbranched alkanes of at least 4 members (excludes halogenated alkanes) is 2. The van der Waals surface area contributed by atoms with Gasteiger partial charge < -0.3 is 9.47 Å². The lowest BCUT2D eigenvalue weighted by Crippen LogP contribution is -2.24. The highest BCUT2D eigenvalue weighted by atomic mass is 16.7. The second-order valence-electron chi connectivity index (χ2n) is 4.41. The number of hydrogen-bond acceptors (Lipinski definition) is 4. The van der Waals surface area contributed by atoms with Crippen LogP contribution in [0.2, 0.25) is 0 Å². The second-order valence-corrected chi connectivity index (χ2v) is 4.41. The van der Waals surface area contributed by atoms with Gasteiger partial charge in [-0.2, -0.15) is 0 Å². The van der Waals surface area contributed by atoms with Gasteiger partial charge in [0.1, 0.15) is 0 Å². The molecule has 0 saturated heterocycles. The van der Waals surface area contributed by atoms with Crippen molar-refractivity contribution in [1.29, 1.82) is 0 Å². The molecule has 0 amide bonds. The quantitative estimate of drug-likeness (QED) is 0.444. The summed E-state index contributed by atoms with van der Waals surface area (Å²) in [5.41, 5.74) is 0. The van der Waals surface area contributed by atoms with Gasteiger partial charge >= 0.3 is 11.9 Å². The lowest BCUT2D eigenvalue weighted by molar-refractivity contribution is -0.189. The SMILES string of the molecule is CCCCC(=O)OC(CCC)OC(=O)CCCC. The minimum atomic E-state index is -0.705. The molecular weight excluding hydrogens is 232 g/mol. The van der Waals surface area contributed by atoms with E-state index in [1.54, 1.807) is 0 Å². The van der Waals surface area contributed by atoms with Gasteiger partial charge in [0.05, 0.1) is 0 Å². The Morgan fingerprint density at radius 3 is 1.61 bits per heavy atom. The predicted octanol–water partition coefficient (Wildman–Crippen LogP) is 3.58. The van der Waals surface area contributed by atoms with Crippen molar-refractivity contribution in [1.82, 2.24) is 0 Å². The van der Waals surface area contributed by atoms with Crippen molar-refractivity contribution in [3.63, 3.8) is 0 Å². The molecule has 106 valence electrons. The molecule has 0 aromatic rings. The molecular formula is C14H26O4. The van der Waals surface area contributed by atoms with E-state index in [0.717, 1.165) is 32.1 Å². The minimum absolute atomic E-state index is 0.279. The Labute approximate surface area is 110 Å². The summed E-state index contributed by atoms with van der Waals surface area (Å²) < 4.78 is 10.3. The molecule has 0 aromatic carbocycles. The lowest BCUT2D eigenvalue weighted by Gasteiger charge is -2.17. The molecule has 0 aromatic heterocycles. The van der Waals surface area contributed by atoms with Gasteiger partial charge in [-0.05, 0) is 19.3 Å². The van der Waals surface area contributed by atoms with Crippen molar-refractivity contribution in [3.8, 4) is 0 Å². The fourth-order valence-corrected chi connectivity index (χ4v) is 1.43. The summed E-state index contributed by atoms with van der Waals surface area (Å²) in [4.78, 5) is 22.9. The summed E-state index contributed by atoms with van der Waals surface area (Å²) in [7, 11) is 0. The number of esters is 2. The Hall–Kier alpha value is -1.06. The molecule has 0 spiro atoms. The Balaban J connectivity index is 4.04. The standard InChI is InChI=1S/C14H26O4/c1-4-7-10-12(15)17-14(9-6-3)18-13(16)11-8-5-2/h14H,4-11H2,1-3H3.